The minimum absolute atomic E-state index is 0.0149. The number of aliphatic carboxylic acids is 1. The van der Waals surface area contributed by atoms with Crippen molar-refractivity contribution in [2.24, 2.45) is 0 Å². The largest absolute Gasteiger partial charge is 0.544 e. The minimum Gasteiger partial charge on any atom is -0.544 e. The summed E-state index contributed by atoms with van der Waals surface area (Å²) < 4.78 is 11.3. The molecule has 0 saturated carbocycles. The number of carbonyl (C=O) groups excluding carboxylic acids is 1. The number of benzene rings is 2. The molecule has 2 N–H and O–H groups in total. The van der Waals surface area contributed by atoms with Gasteiger partial charge in [0.2, 0.25) is 0 Å². The van der Waals surface area contributed by atoms with E-state index in [-0.39, 0.29) is 12.0 Å². The Bertz CT molecular complexity index is 798. The van der Waals surface area contributed by atoms with Gasteiger partial charge in [-0.25, -0.2) is 0 Å². The molecule has 1 aliphatic rings. The van der Waals surface area contributed by atoms with Crippen molar-refractivity contribution >= 4 is 40.9 Å². The molecular weight excluding hydrogens is 397 g/mol. The van der Waals surface area contributed by atoms with Gasteiger partial charge in [-0.15, -0.1) is 0 Å². The molecule has 2 atom stereocenters. The second-order valence-electron chi connectivity index (χ2n) is 5.77. The molecule has 0 spiro atoms. The molecule has 2 aromatic rings. The zero-order chi connectivity index (χ0) is 18.7. The third-order valence-electron chi connectivity index (χ3n) is 4.12. The van der Waals surface area contributed by atoms with Crippen LogP contribution in [0.3, 0.4) is 0 Å². The maximum absolute atomic E-state index is 11.0. The maximum Gasteiger partial charge on any atom is 0.161 e. The van der Waals surface area contributed by atoms with E-state index in [1.165, 1.54) is 0 Å². The molecule has 1 heterocycles. The number of thioether (sulfide) groups is 1. The van der Waals surface area contributed by atoms with E-state index in [9.17, 15) is 9.90 Å². The third kappa shape index (κ3) is 4.20. The molecule has 0 amide bonds. The Kier molecular flexibility index (Phi) is 6.19. The van der Waals surface area contributed by atoms with Gasteiger partial charge in [0, 0.05) is 21.2 Å². The van der Waals surface area contributed by atoms with Gasteiger partial charge in [0.1, 0.15) is 18.6 Å². The number of ether oxygens (including phenoxy) is 2. The van der Waals surface area contributed by atoms with Crippen LogP contribution in [0, 0.1) is 0 Å². The lowest BCUT2D eigenvalue weighted by molar-refractivity contribution is -0.690. The minimum atomic E-state index is -1.04. The molecule has 1 fully saturated rings. The first-order valence-corrected chi connectivity index (χ1v) is 9.71. The van der Waals surface area contributed by atoms with Crippen molar-refractivity contribution in [2.75, 3.05) is 12.9 Å². The Hall–Kier alpha value is -1.60. The normalized spacial score (nSPS) is 19.3. The highest BCUT2D eigenvalue weighted by Gasteiger charge is 2.31. The zero-order valence-electron chi connectivity index (χ0n) is 13.9. The van der Waals surface area contributed by atoms with Crippen molar-refractivity contribution in [2.45, 2.75) is 18.0 Å². The first kappa shape index (κ1) is 19.2. The molecular formula is C18H17Cl2NO4S. The lowest BCUT2D eigenvalue weighted by Crippen LogP contribution is -2.90. The highest BCUT2D eigenvalue weighted by atomic mass is 35.5. The summed E-state index contributed by atoms with van der Waals surface area (Å²) in [4.78, 5) is 11.0. The number of halogens is 2. The number of carboxylic acids is 1. The molecule has 0 aliphatic carbocycles. The average Bonchev–Trinajstić information content (AvgIpc) is 3.12. The van der Waals surface area contributed by atoms with Crippen molar-refractivity contribution < 1.29 is 24.7 Å². The Morgan fingerprint density at radius 2 is 2.00 bits per heavy atom. The van der Waals surface area contributed by atoms with E-state index in [0.717, 1.165) is 5.56 Å². The fourth-order valence-electron chi connectivity index (χ4n) is 2.68. The van der Waals surface area contributed by atoms with E-state index in [4.69, 9.17) is 32.7 Å². The lowest BCUT2D eigenvalue weighted by atomic mass is 10.2. The number of carbonyl (C=O) groups is 1. The lowest BCUT2D eigenvalue weighted by Gasteiger charge is -2.15. The summed E-state index contributed by atoms with van der Waals surface area (Å²) >= 11 is 13.9. The van der Waals surface area contributed by atoms with Crippen LogP contribution >= 0.6 is 35.0 Å². The van der Waals surface area contributed by atoms with Gasteiger partial charge in [-0.1, -0.05) is 41.0 Å². The summed E-state index contributed by atoms with van der Waals surface area (Å²) in [5.41, 5.74) is 1.66. The maximum atomic E-state index is 11.0. The highest BCUT2D eigenvalue weighted by Crippen LogP contribution is 2.35. The van der Waals surface area contributed by atoms with Gasteiger partial charge in [0.15, 0.2) is 16.9 Å². The quantitative estimate of drug-likeness (QED) is 0.783. The second kappa shape index (κ2) is 8.39. The standard InChI is InChI=1S/C18H17Cl2NO4S/c1-24-16-7-10(17-21-14(9-26-17)18(22)23)5-6-15(16)25-8-11-12(19)3-2-4-13(11)20/h2-7,14,17,21H,8-9H2,1H3,(H,22,23)/t14-,17-/m0/s1. The van der Waals surface area contributed by atoms with Crippen LogP contribution in [0.15, 0.2) is 36.4 Å². The fraction of sp³-hybridized carbons (Fsp3) is 0.278. The molecule has 26 heavy (non-hydrogen) atoms. The van der Waals surface area contributed by atoms with Crippen LogP contribution in [0.5, 0.6) is 11.5 Å². The summed E-state index contributed by atoms with van der Waals surface area (Å²) in [6.07, 6.45) is 0. The van der Waals surface area contributed by atoms with Gasteiger partial charge in [0.25, 0.3) is 0 Å². The molecule has 8 heteroatoms. The van der Waals surface area contributed by atoms with Gasteiger partial charge in [0.05, 0.1) is 12.9 Å². The van der Waals surface area contributed by atoms with E-state index in [1.54, 1.807) is 48.5 Å². The van der Waals surface area contributed by atoms with Crippen LogP contribution in [-0.2, 0) is 11.4 Å². The molecule has 0 unspecified atom stereocenters. The molecule has 0 radical (unpaired) electrons. The Morgan fingerprint density at radius 3 is 2.62 bits per heavy atom. The number of methoxy groups -OCH3 is 1. The average molecular weight is 414 g/mol. The Labute approximate surface area is 165 Å². The summed E-state index contributed by atoms with van der Waals surface area (Å²) in [6, 6.07) is 10.3. The van der Waals surface area contributed by atoms with E-state index < -0.39 is 12.0 Å². The molecule has 1 aliphatic heterocycles. The molecule has 0 bridgehead atoms. The van der Waals surface area contributed by atoms with Gasteiger partial charge in [-0.2, -0.15) is 0 Å². The molecule has 3 rings (SSSR count). The number of quaternary nitrogens is 1. The first-order valence-electron chi connectivity index (χ1n) is 7.90. The van der Waals surface area contributed by atoms with E-state index in [0.29, 0.717) is 32.9 Å². The van der Waals surface area contributed by atoms with Crippen molar-refractivity contribution in [1.29, 1.82) is 0 Å². The number of hydrogen-bond acceptors (Lipinski definition) is 5. The topological polar surface area (TPSA) is 75.2 Å². The molecule has 1 saturated heterocycles. The monoisotopic (exact) mass is 413 g/mol. The highest BCUT2D eigenvalue weighted by molar-refractivity contribution is 7.99. The summed E-state index contributed by atoms with van der Waals surface area (Å²) in [6.45, 7) is 0.214. The number of nitrogens with two attached hydrogens (primary N) is 1. The van der Waals surface area contributed by atoms with Crippen molar-refractivity contribution in [1.82, 2.24) is 0 Å². The van der Waals surface area contributed by atoms with Crippen LogP contribution in [0.25, 0.3) is 0 Å². The van der Waals surface area contributed by atoms with Crippen molar-refractivity contribution in [3.63, 3.8) is 0 Å². The number of hydrogen-bond donors (Lipinski definition) is 1. The van der Waals surface area contributed by atoms with Crippen LogP contribution < -0.4 is 19.9 Å². The van der Waals surface area contributed by atoms with Crippen LogP contribution in [0.2, 0.25) is 10.0 Å². The number of carboxylic acid groups (broad SMARTS) is 1. The summed E-state index contributed by atoms with van der Waals surface area (Å²) in [5, 5.41) is 13.9. The van der Waals surface area contributed by atoms with E-state index >= 15 is 0 Å². The van der Waals surface area contributed by atoms with Gasteiger partial charge in [-0.05, 0) is 30.3 Å². The predicted molar refractivity (Wildman–Crippen MR) is 99.7 cm³/mol. The predicted octanol–water partition coefficient (Wildman–Crippen LogP) is 2.01. The summed E-state index contributed by atoms with van der Waals surface area (Å²) in [7, 11) is 1.56. The SMILES string of the molecule is COc1cc([C@H]2[NH2+][C@H](C(=O)[O-])CS2)ccc1OCc1c(Cl)cccc1Cl. The second-order valence-corrected chi connectivity index (χ2v) is 7.76. The van der Waals surface area contributed by atoms with Gasteiger partial charge < -0.3 is 24.7 Å². The molecule has 138 valence electrons. The van der Waals surface area contributed by atoms with Crippen LogP contribution in [0.1, 0.15) is 16.5 Å². The molecule has 0 aromatic heterocycles. The Morgan fingerprint density at radius 1 is 1.27 bits per heavy atom. The fourth-order valence-corrected chi connectivity index (χ4v) is 4.49. The van der Waals surface area contributed by atoms with Gasteiger partial charge >= 0.3 is 0 Å². The zero-order valence-corrected chi connectivity index (χ0v) is 16.2. The third-order valence-corrected chi connectivity index (χ3v) is 6.16. The van der Waals surface area contributed by atoms with E-state index in [2.05, 4.69) is 0 Å². The first-order chi connectivity index (χ1) is 12.5. The van der Waals surface area contributed by atoms with Gasteiger partial charge in [-0.3, -0.25) is 0 Å². The molecule has 2 aromatic carbocycles. The summed E-state index contributed by atoms with van der Waals surface area (Å²) in [5.74, 6) is 0.602. The number of rotatable bonds is 6. The van der Waals surface area contributed by atoms with Crippen molar-refractivity contribution in [3.05, 3.63) is 57.6 Å². The van der Waals surface area contributed by atoms with Crippen LogP contribution in [0.4, 0.5) is 0 Å². The van der Waals surface area contributed by atoms with E-state index in [1.807, 2.05) is 12.1 Å². The van der Waals surface area contributed by atoms with Crippen molar-refractivity contribution in [3.8, 4) is 11.5 Å². The molecule has 5 nitrogen and oxygen atoms in total. The van der Waals surface area contributed by atoms with Crippen LogP contribution in [-0.4, -0.2) is 24.9 Å². The smallest absolute Gasteiger partial charge is 0.161 e. The Balaban J connectivity index is 1.74.